The molecule has 1 unspecified atom stereocenters. The number of amides is 1. The summed E-state index contributed by atoms with van der Waals surface area (Å²) < 4.78 is 18.9. The monoisotopic (exact) mass is 327 g/mol. The number of ether oxygens (including phenoxy) is 1. The summed E-state index contributed by atoms with van der Waals surface area (Å²) in [4.78, 5) is 12.0. The molecule has 0 bridgehead atoms. The Morgan fingerprint density at radius 2 is 1.90 bits per heavy atom. The summed E-state index contributed by atoms with van der Waals surface area (Å²) in [7, 11) is 0. The molecule has 2 aromatic rings. The predicted molar refractivity (Wildman–Crippen MR) is 81.6 cm³/mol. The number of carbonyl (C=O) groups is 1. The molecule has 0 aliphatic heterocycles. The van der Waals surface area contributed by atoms with E-state index in [0.717, 1.165) is 0 Å². The van der Waals surface area contributed by atoms with Crippen LogP contribution >= 0.6 is 23.2 Å². The Bertz CT molecular complexity index is 664. The Labute approximate surface area is 131 Å². The van der Waals surface area contributed by atoms with Crippen molar-refractivity contribution in [2.45, 2.75) is 13.0 Å². The minimum Gasteiger partial charge on any atom is -0.479 e. The topological polar surface area (TPSA) is 38.3 Å². The first-order valence-electron chi connectivity index (χ1n) is 6.15. The van der Waals surface area contributed by atoms with Crippen LogP contribution in [-0.4, -0.2) is 12.0 Å². The number of hydrogen-bond acceptors (Lipinski definition) is 2. The van der Waals surface area contributed by atoms with E-state index in [4.69, 9.17) is 27.9 Å². The van der Waals surface area contributed by atoms with Gasteiger partial charge in [0.2, 0.25) is 0 Å². The van der Waals surface area contributed by atoms with Gasteiger partial charge in [0, 0.05) is 0 Å². The molecule has 0 fully saturated rings. The number of benzene rings is 2. The molecule has 2 aromatic carbocycles. The van der Waals surface area contributed by atoms with Crippen molar-refractivity contribution in [3.05, 3.63) is 58.3 Å². The molecule has 0 spiro atoms. The largest absolute Gasteiger partial charge is 0.479 e. The number of para-hydroxylation sites is 1. The molecule has 1 N–H and O–H groups in total. The molecule has 0 aliphatic rings. The van der Waals surface area contributed by atoms with Crippen LogP contribution < -0.4 is 10.1 Å². The highest BCUT2D eigenvalue weighted by Gasteiger charge is 2.18. The summed E-state index contributed by atoms with van der Waals surface area (Å²) >= 11 is 11.8. The second-order valence-corrected chi connectivity index (χ2v) is 5.07. The Hall–Kier alpha value is -1.78. The highest BCUT2D eigenvalue weighted by molar-refractivity contribution is 6.42. The summed E-state index contributed by atoms with van der Waals surface area (Å²) in [5, 5.41) is 3.01. The Morgan fingerprint density at radius 3 is 2.62 bits per heavy atom. The van der Waals surface area contributed by atoms with Crippen molar-refractivity contribution in [1.29, 1.82) is 0 Å². The first kappa shape index (κ1) is 15.6. The number of anilines is 1. The smallest absolute Gasteiger partial charge is 0.265 e. The fourth-order valence-corrected chi connectivity index (χ4v) is 1.95. The maximum absolute atomic E-state index is 13.5. The molecule has 0 radical (unpaired) electrons. The number of nitrogens with one attached hydrogen (secondary N) is 1. The third-order valence-electron chi connectivity index (χ3n) is 2.72. The summed E-state index contributed by atoms with van der Waals surface area (Å²) in [5.41, 5.74) is 0.0927. The SMILES string of the molecule is CC(Oc1cccc(Cl)c1Cl)C(=O)Nc1ccccc1F. The Balaban J connectivity index is 2.06. The average molecular weight is 328 g/mol. The van der Waals surface area contributed by atoms with Crippen LogP contribution in [0.5, 0.6) is 5.75 Å². The van der Waals surface area contributed by atoms with E-state index < -0.39 is 17.8 Å². The minimum absolute atomic E-state index is 0.0927. The lowest BCUT2D eigenvalue weighted by atomic mass is 10.3. The zero-order valence-electron chi connectivity index (χ0n) is 11.1. The fourth-order valence-electron chi connectivity index (χ4n) is 1.62. The van der Waals surface area contributed by atoms with Crippen molar-refractivity contribution in [3.63, 3.8) is 0 Å². The van der Waals surface area contributed by atoms with Crippen LogP contribution in [0.4, 0.5) is 10.1 Å². The molecule has 110 valence electrons. The molecular formula is C15H12Cl2FNO2. The normalized spacial score (nSPS) is 11.8. The summed E-state index contributed by atoms with van der Waals surface area (Å²) in [6, 6.07) is 10.8. The molecule has 21 heavy (non-hydrogen) atoms. The lowest BCUT2D eigenvalue weighted by Gasteiger charge is -2.16. The molecule has 3 nitrogen and oxygen atoms in total. The van der Waals surface area contributed by atoms with Gasteiger partial charge >= 0.3 is 0 Å². The van der Waals surface area contributed by atoms with E-state index in [0.29, 0.717) is 10.8 Å². The van der Waals surface area contributed by atoms with Gasteiger partial charge in [-0.1, -0.05) is 41.4 Å². The van der Waals surface area contributed by atoms with Gasteiger partial charge in [-0.3, -0.25) is 4.79 Å². The van der Waals surface area contributed by atoms with Crippen LogP contribution in [0.25, 0.3) is 0 Å². The average Bonchev–Trinajstić information content (AvgIpc) is 2.46. The van der Waals surface area contributed by atoms with E-state index in [2.05, 4.69) is 5.32 Å². The Kier molecular flexibility index (Phi) is 5.04. The minimum atomic E-state index is -0.861. The van der Waals surface area contributed by atoms with Crippen LogP contribution in [0.1, 0.15) is 6.92 Å². The molecule has 0 aromatic heterocycles. The second-order valence-electron chi connectivity index (χ2n) is 4.28. The van der Waals surface area contributed by atoms with Gasteiger partial charge in [0.05, 0.1) is 10.7 Å². The number of carbonyl (C=O) groups excluding carboxylic acids is 1. The predicted octanol–water partition coefficient (Wildman–Crippen LogP) is 4.54. The van der Waals surface area contributed by atoms with Gasteiger partial charge in [-0.25, -0.2) is 4.39 Å². The van der Waals surface area contributed by atoms with Crippen molar-refractivity contribution in [2.24, 2.45) is 0 Å². The maximum atomic E-state index is 13.5. The van der Waals surface area contributed by atoms with Crippen LogP contribution in [-0.2, 0) is 4.79 Å². The molecule has 0 heterocycles. The number of hydrogen-bond donors (Lipinski definition) is 1. The van der Waals surface area contributed by atoms with E-state index in [1.165, 1.54) is 25.1 Å². The van der Waals surface area contributed by atoms with Gasteiger partial charge in [-0.2, -0.15) is 0 Å². The second kappa shape index (κ2) is 6.78. The highest BCUT2D eigenvalue weighted by Crippen LogP contribution is 2.32. The van der Waals surface area contributed by atoms with E-state index in [1.54, 1.807) is 24.3 Å². The van der Waals surface area contributed by atoms with E-state index in [9.17, 15) is 9.18 Å². The van der Waals surface area contributed by atoms with Crippen molar-refractivity contribution >= 4 is 34.8 Å². The lowest BCUT2D eigenvalue weighted by molar-refractivity contribution is -0.122. The fraction of sp³-hybridized carbons (Fsp3) is 0.133. The lowest BCUT2D eigenvalue weighted by Crippen LogP contribution is -2.30. The van der Waals surface area contributed by atoms with Gasteiger partial charge in [-0.05, 0) is 31.2 Å². The molecule has 1 atom stereocenters. The van der Waals surface area contributed by atoms with Crippen LogP contribution in [0, 0.1) is 5.82 Å². The highest BCUT2D eigenvalue weighted by atomic mass is 35.5. The molecule has 2 rings (SSSR count). The Morgan fingerprint density at radius 1 is 1.19 bits per heavy atom. The standard InChI is InChI=1S/C15H12Cl2FNO2/c1-9(21-13-8-4-5-10(16)14(13)17)15(20)19-12-7-3-2-6-11(12)18/h2-9H,1H3,(H,19,20). The molecule has 0 saturated carbocycles. The van der Waals surface area contributed by atoms with Crippen molar-refractivity contribution in [3.8, 4) is 5.75 Å². The molecule has 0 aliphatic carbocycles. The number of rotatable bonds is 4. The van der Waals surface area contributed by atoms with E-state index in [1.807, 2.05) is 0 Å². The third-order valence-corrected chi connectivity index (χ3v) is 3.52. The first-order chi connectivity index (χ1) is 9.99. The van der Waals surface area contributed by atoms with Crippen LogP contribution in [0.15, 0.2) is 42.5 Å². The van der Waals surface area contributed by atoms with Gasteiger partial charge in [0.25, 0.3) is 5.91 Å². The van der Waals surface area contributed by atoms with Gasteiger partial charge in [-0.15, -0.1) is 0 Å². The molecule has 0 saturated heterocycles. The molecular weight excluding hydrogens is 316 g/mol. The quantitative estimate of drug-likeness (QED) is 0.895. The van der Waals surface area contributed by atoms with Gasteiger partial charge < -0.3 is 10.1 Å². The molecule has 1 amide bonds. The zero-order valence-corrected chi connectivity index (χ0v) is 12.6. The maximum Gasteiger partial charge on any atom is 0.265 e. The van der Waals surface area contributed by atoms with Gasteiger partial charge in [0.1, 0.15) is 16.6 Å². The summed E-state index contributed by atoms with van der Waals surface area (Å²) in [5.74, 6) is -0.713. The van der Waals surface area contributed by atoms with E-state index in [-0.39, 0.29) is 10.7 Å². The van der Waals surface area contributed by atoms with Crippen molar-refractivity contribution in [1.82, 2.24) is 0 Å². The molecule has 6 heteroatoms. The van der Waals surface area contributed by atoms with Crippen molar-refractivity contribution in [2.75, 3.05) is 5.32 Å². The van der Waals surface area contributed by atoms with Crippen molar-refractivity contribution < 1.29 is 13.9 Å². The van der Waals surface area contributed by atoms with E-state index >= 15 is 0 Å². The summed E-state index contributed by atoms with van der Waals surface area (Å²) in [6.45, 7) is 1.54. The zero-order chi connectivity index (χ0) is 15.4. The summed E-state index contributed by atoms with van der Waals surface area (Å²) in [6.07, 6.45) is -0.861. The third kappa shape index (κ3) is 3.86. The number of halogens is 3. The first-order valence-corrected chi connectivity index (χ1v) is 6.90. The van der Waals surface area contributed by atoms with Crippen LogP contribution in [0.2, 0.25) is 10.0 Å². The van der Waals surface area contributed by atoms with Crippen LogP contribution in [0.3, 0.4) is 0 Å². The van der Waals surface area contributed by atoms with Gasteiger partial charge in [0.15, 0.2) is 6.10 Å².